The van der Waals surface area contributed by atoms with Crippen LogP contribution in [0.15, 0.2) is 46.9 Å². The number of hydrogen-bond donors (Lipinski definition) is 1. The van der Waals surface area contributed by atoms with E-state index in [0.29, 0.717) is 42.9 Å². The summed E-state index contributed by atoms with van der Waals surface area (Å²) in [5.41, 5.74) is 4.11. The molecule has 1 N–H and O–H groups in total. The first-order valence-electron chi connectivity index (χ1n) is 11.0. The maximum absolute atomic E-state index is 12.2. The summed E-state index contributed by atoms with van der Waals surface area (Å²) >= 11 is 1.73. The zero-order valence-electron chi connectivity index (χ0n) is 19.7. The molecule has 2 aromatic carbocycles. The highest BCUT2D eigenvalue weighted by Gasteiger charge is 2.32. The van der Waals surface area contributed by atoms with E-state index in [1.807, 2.05) is 32.0 Å². The molecule has 1 heterocycles. The number of benzene rings is 2. The lowest BCUT2D eigenvalue weighted by molar-refractivity contribution is -0.120. The van der Waals surface area contributed by atoms with Crippen molar-refractivity contribution in [3.8, 4) is 11.5 Å². The number of esters is 1. The molecule has 33 heavy (non-hydrogen) atoms. The summed E-state index contributed by atoms with van der Waals surface area (Å²) < 4.78 is 16.5. The van der Waals surface area contributed by atoms with Crippen molar-refractivity contribution in [2.45, 2.75) is 44.6 Å². The number of methoxy groups -OCH3 is 2. The maximum atomic E-state index is 12.2. The Morgan fingerprint density at radius 2 is 1.88 bits per heavy atom. The fraction of sp³-hybridized carbons (Fsp3) is 0.385. The van der Waals surface area contributed by atoms with E-state index < -0.39 is 0 Å². The van der Waals surface area contributed by atoms with E-state index in [1.54, 1.807) is 26.0 Å². The van der Waals surface area contributed by atoms with Gasteiger partial charge in [0, 0.05) is 34.7 Å². The summed E-state index contributed by atoms with van der Waals surface area (Å²) in [5, 5.41) is 2.98. The van der Waals surface area contributed by atoms with Crippen LogP contribution in [0.25, 0.3) is 0 Å². The molecule has 0 saturated carbocycles. The first kappa shape index (κ1) is 24.7. The van der Waals surface area contributed by atoms with Crippen LogP contribution in [-0.4, -0.2) is 38.4 Å². The van der Waals surface area contributed by atoms with E-state index in [4.69, 9.17) is 14.2 Å². The number of thioether (sulfide) groups is 1. The normalized spacial score (nSPS) is 12.8. The smallest absolute Gasteiger partial charge is 0.342 e. The van der Waals surface area contributed by atoms with Gasteiger partial charge in [-0.2, -0.15) is 0 Å². The molecule has 6 nitrogen and oxygen atoms in total. The lowest BCUT2D eigenvalue weighted by atomic mass is 9.94. The van der Waals surface area contributed by atoms with E-state index in [2.05, 4.69) is 23.5 Å². The van der Waals surface area contributed by atoms with Gasteiger partial charge < -0.3 is 19.5 Å². The van der Waals surface area contributed by atoms with E-state index in [0.717, 1.165) is 28.0 Å². The first-order valence-corrected chi connectivity index (χ1v) is 12.0. The van der Waals surface area contributed by atoms with Crippen LogP contribution >= 0.6 is 11.8 Å². The molecule has 0 fully saturated rings. The van der Waals surface area contributed by atoms with Gasteiger partial charge >= 0.3 is 5.97 Å². The van der Waals surface area contributed by atoms with Gasteiger partial charge in [0.25, 0.3) is 0 Å². The molecule has 0 bridgehead atoms. The van der Waals surface area contributed by atoms with Gasteiger partial charge in [-0.3, -0.25) is 4.79 Å². The fourth-order valence-electron chi connectivity index (χ4n) is 3.89. The van der Waals surface area contributed by atoms with Crippen molar-refractivity contribution >= 4 is 23.6 Å². The number of ether oxygens (including phenoxy) is 3. The van der Waals surface area contributed by atoms with E-state index in [1.165, 1.54) is 4.90 Å². The molecule has 7 heteroatoms. The van der Waals surface area contributed by atoms with E-state index in [9.17, 15) is 9.59 Å². The van der Waals surface area contributed by atoms with E-state index in [-0.39, 0.29) is 18.5 Å². The maximum Gasteiger partial charge on any atom is 0.342 e. The predicted molar refractivity (Wildman–Crippen MR) is 130 cm³/mol. The Labute approximate surface area is 199 Å². The summed E-state index contributed by atoms with van der Waals surface area (Å²) in [6.45, 7) is 4.81. The number of carbonyl (C=O) groups excluding carboxylic acids is 2. The van der Waals surface area contributed by atoms with Crippen molar-refractivity contribution in [2.75, 3.05) is 26.5 Å². The standard InChI is InChI=1S/C26H31NO5S/c1-17(11-13-22(28)27-14-15-33-19-8-6-5-7-9-19)10-12-20-24(30-3)18(2)21-16-32-26(29)23(21)25(20)31-4/h5-10H,11-16H2,1-4H3,(H,27,28)/b17-10+. The van der Waals surface area contributed by atoms with Gasteiger partial charge in [0.1, 0.15) is 23.7 Å². The van der Waals surface area contributed by atoms with Crippen LogP contribution in [0.3, 0.4) is 0 Å². The number of rotatable bonds is 11. The van der Waals surface area contributed by atoms with Crippen LogP contribution < -0.4 is 14.8 Å². The lowest BCUT2D eigenvalue weighted by Crippen LogP contribution is -2.25. The molecule has 1 amide bonds. The van der Waals surface area contributed by atoms with Crippen molar-refractivity contribution in [3.63, 3.8) is 0 Å². The second-order valence-electron chi connectivity index (χ2n) is 7.87. The van der Waals surface area contributed by atoms with Gasteiger partial charge in [0.15, 0.2) is 0 Å². The highest BCUT2D eigenvalue weighted by molar-refractivity contribution is 7.99. The Balaban J connectivity index is 1.55. The third kappa shape index (κ3) is 6.11. The molecule has 1 aliphatic rings. The molecular weight excluding hydrogens is 438 g/mol. The Morgan fingerprint density at radius 1 is 1.15 bits per heavy atom. The highest BCUT2D eigenvalue weighted by atomic mass is 32.2. The third-order valence-corrected chi connectivity index (χ3v) is 6.68. The molecule has 0 aromatic heterocycles. The number of fused-ring (bicyclic) bond motifs is 1. The molecule has 0 saturated heterocycles. The van der Waals surface area contributed by atoms with Crippen LogP contribution in [0, 0.1) is 6.92 Å². The minimum absolute atomic E-state index is 0.0442. The average Bonchev–Trinajstić information content (AvgIpc) is 3.21. The Kier molecular flexibility index (Phi) is 8.83. The SMILES string of the molecule is COc1c(C)c2c(c(OC)c1C/C=C(\C)CCC(=O)NCCSc1ccccc1)C(=O)OC2. The lowest BCUT2D eigenvalue weighted by Gasteiger charge is -2.18. The quantitative estimate of drug-likeness (QED) is 0.219. The second-order valence-corrected chi connectivity index (χ2v) is 9.03. The largest absolute Gasteiger partial charge is 0.496 e. The van der Waals surface area contributed by atoms with Gasteiger partial charge in [-0.25, -0.2) is 4.79 Å². The van der Waals surface area contributed by atoms with Gasteiger partial charge in [-0.15, -0.1) is 11.8 Å². The zero-order chi connectivity index (χ0) is 23.8. The molecule has 176 valence electrons. The van der Waals surface area contributed by atoms with Gasteiger partial charge in [-0.05, 0) is 44.4 Å². The summed E-state index contributed by atoms with van der Waals surface area (Å²) in [6.07, 6.45) is 3.69. The molecule has 0 unspecified atom stereocenters. The minimum atomic E-state index is -0.364. The van der Waals surface area contributed by atoms with Gasteiger partial charge in [-0.1, -0.05) is 29.8 Å². The van der Waals surface area contributed by atoms with Crippen molar-refractivity contribution in [2.24, 2.45) is 0 Å². The molecule has 0 atom stereocenters. The molecule has 1 aliphatic heterocycles. The monoisotopic (exact) mass is 469 g/mol. The molecular formula is C26H31NO5S. The van der Waals surface area contributed by atoms with Gasteiger partial charge in [0.2, 0.25) is 5.91 Å². The number of hydrogen-bond acceptors (Lipinski definition) is 6. The Morgan fingerprint density at radius 3 is 2.58 bits per heavy atom. The minimum Gasteiger partial charge on any atom is -0.496 e. The Bertz CT molecular complexity index is 1030. The molecule has 0 radical (unpaired) electrons. The van der Waals surface area contributed by atoms with Crippen molar-refractivity contribution in [1.82, 2.24) is 5.32 Å². The average molecular weight is 470 g/mol. The number of amides is 1. The molecule has 0 aliphatic carbocycles. The summed E-state index contributed by atoms with van der Waals surface area (Å²) in [6, 6.07) is 10.1. The Hall–Kier alpha value is -2.93. The van der Waals surface area contributed by atoms with Crippen LogP contribution in [0.2, 0.25) is 0 Å². The summed E-state index contributed by atoms with van der Waals surface area (Å²) in [5.74, 6) is 1.73. The molecule has 2 aromatic rings. The second kappa shape index (κ2) is 11.8. The van der Waals surface area contributed by atoms with Crippen molar-refractivity contribution in [1.29, 1.82) is 0 Å². The van der Waals surface area contributed by atoms with Crippen molar-refractivity contribution in [3.05, 3.63) is 64.2 Å². The number of nitrogens with one attached hydrogen (secondary N) is 1. The highest BCUT2D eigenvalue weighted by Crippen LogP contribution is 2.42. The molecule has 0 spiro atoms. The summed E-state index contributed by atoms with van der Waals surface area (Å²) in [4.78, 5) is 25.7. The fourth-order valence-corrected chi connectivity index (χ4v) is 4.68. The third-order valence-electron chi connectivity index (χ3n) is 5.67. The van der Waals surface area contributed by atoms with Crippen LogP contribution in [0.5, 0.6) is 11.5 Å². The zero-order valence-corrected chi connectivity index (χ0v) is 20.5. The van der Waals surface area contributed by atoms with E-state index >= 15 is 0 Å². The van der Waals surface area contributed by atoms with Crippen molar-refractivity contribution < 1.29 is 23.8 Å². The number of cyclic esters (lactones) is 1. The number of carbonyl (C=O) groups is 2. The number of allylic oxidation sites excluding steroid dienone is 2. The summed E-state index contributed by atoms with van der Waals surface area (Å²) in [7, 11) is 3.17. The van der Waals surface area contributed by atoms with Gasteiger partial charge in [0.05, 0.1) is 14.2 Å². The van der Waals surface area contributed by atoms with Crippen LogP contribution in [-0.2, 0) is 22.6 Å². The first-order chi connectivity index (χ1) is 16.0. The predicted octanol–water partition coefficient (Wildman–Crippen LogP) is 4.86. The topological polar surface area (TPSA) is 73.9 Å². The van der Waals surface area contributed by atoms with Crippen LogP contribution in [0.4, 0.5) is 0 Å². The van der Waals surface area contributed by atoms with Crippen LogP contribution in [0.1, 0.15) is 46.8 Å². The molecule has 3 rings (SSSR count).